The van der Waals surface area contributed by atoms with Crippen LogP contribution in [0, 0.1) is 11.3 Å². The number of amides is 1. The lowest BCUT2D eigenvalue weighted by Crippen LogP contribution is -2.25. The number of hydrogen-bond acceptors (Lipinski definition) is 4. The van der Waals surface area contributed by atoms with E-state index >= 15 is 0 Å². The van der Waals surface area contributed by atoms with Crippen LogP contribution in [-0.4, -0.2) is 37.6 Å². The summed E-state index contributed by atoms with van der Waals surface area (Å²) in [7, 11) is 1.54. The van der Waals surface area contributed by atoms with Crippen molar-refractivity contribution >= 4 is 12.0 Å². The molecule has 0 unspecified atom stereocenters. The van der Waals surface area contributed by atoms with Gasteiger partial charge in [0.05, 0.1) is 7.11 Å². The Kier molecular flexibility index (Phi) is 5.22. The topological polar surface area (TPSA) is 62.6 Å². The maximum absolute atomic E-state index is 11.9. The second kappa shape index (κ2) is 7.34. The van der Waals surface area contributed by atoms with Crippen molar-refractivity contribution in [1.82, 2.24) is 4.90 Å². The number of carbonyl (C=O) groups is 1. The summed E-state index contributed by atoms with van der Waals surface area (Å²) in [5, 5.41) is 8.53. The molecule has 110 valence electrons. The molecule has 0 N–H and O–H groups in total. The molecule has 0 spiro atoms. The lowest BCUT2D eigenvalue weighted by Gasteiger charge is -2.12. The highest BCUT2D eigenvalue weighted by atomic mass is 16.5. The summed E-state index contributed by atoms with van der Waals surface area (Å²) < 4.78 is 10.5. The molecular formula is C16H18N2O3. The number of rotatable bonds is 5. The predicted octanol–water partition coefficient (Wildman–Crippen LogP) is 2.23. The first-order valence-corrected chi connectivity index (χ1v) is 6.89. The van der Waals surface area contributed by atoms with E-state index < -0.39 is 0 Å². The molecule has 5 heteroatoms. The molecule has 1 aromatic rings. The summed E-state index contributed by atoms with van der Waals surface area (Å²) in [6.45, 7) is 1.65. The third kappa shape index (κ3) is 3.99. The minimum Gasteiger partial charge on any atom is -0.493 e. The van der Waals surface area contributed by atoms with Gasteiger partial charge in [-0.2, -0.15) is 5.26 Å². The van der Waals surface area contributed by atoms with Crippen LogP contribution in [0.1, 0.15) is 18.4 Å². The fraction of sp³-hybridized carbons (Fsp3) is 0.375. The monoisotopic (exact) mass is 286 g/mol. The summed E-state index contributed by atoms with van der Waals surface area (Å²) in [4.78, 5) is 13.8. The van der Waals surface area contributed by atoms with Gasteiger partial charge in [0, 0.05) is 19.2 Å². The van der Waals surface area contributed by atoms with Crippen molar-refractivity contribution in [2.75, 3.05) is 26.8 Å². The molecule has 1 heterocycles. The Balaban J connectivity index is 2.06. The molecule has 5 nitrogen and oxygen atoms in total. The second-order valence-corrected chi connectivity index (χ2v) is 4.72. The number of ether oxygens (including phenoxy) is 2. The van der Waals surface area contributed by atoms with Crippen LogP contribution in [0.25, 0.3) is 6.08 Å². The Morgan fingerprint density at radius 1 is 1.38 bits per heavy atom. The van der Waals surface area contributed by atoms with E-state index in [4.69, 9.17) is 14.7 Å². The van der Waals surface area contributed by atoms with Crippen LogP contribution in [-0.2, 0) is 4.79 Å². The van der Waals surface area contributed by atoms with Crippen molar-refractivity contribution in [2.24, 2.45) is 0 Å². The minimum atomic E-state index is -0.0288. The number of carbonyl (C=O) groups excluding carboxylic acids is 1. The maximum Gasteiger partial charge on any atom is 0.246 e. The van der Waals surface area contributed by atoms with E-state index in [1.165, 1.54) is 7.11 Å². The number of nitriles is 1. The summed E-state index contributed by atoms with van der Waals surface area (Å²) in [5.74, 6) is 1.10. The summed E-state index contributed by atoms with van der Waals surface area (Å²) in [5.41, 5.74) is 0.851. The van der Waals surface area contributed by atoms with Crippen molar-refractivity contribution in [3.05, 3.63) is 29.8 Å². The molecule has 0 aromatic heterocycles. The quantitative estimate of drug-likeness (QED) is 0.779. The highest BCUT2D eigenvalue weighted by Crippen LogP contribution is 2.28. The van der Waals surface area contributed by atoms with Crippen LogP contribution >= 0.6 is 0 Å². The zero-order valence-corrected chi connectivity index (χ0v) is 12.0. The predicted molar refractivity (Wildman–Crippen MR) is 79.0 cm³/mol. The third-order valence-corrected chi connectivity index (χ3v) is 3.32. The Morgan fingerprint density at radius 2 is 2.14 bits per heavy atom. The van der Waals surface area contributed by atoms with Crippen LogP contribution in [0.5, 0.6) is 11.5 Å². The minimum absolute atomic E-state index is 0.0288. The van der Waals surface area contributed by atoms with Crippen LogP contribution < -0.4 is 9.47 Å². The zero-order chi connectivity index (χ0) is 15.1. The standard InChI is InChI=1S/C16H18N2O3/c1-20-15-12-13(4-6-14(15)21-11-8-17)5-7-16(19)18-9-2-3-10-18/h4-7,12H,2-3,9-11H2,1H3. The van der Waals surface area contributed by atoms with Crippen molar-refractivity contribution in [2.45, 2.75) is 12.8 Å². The van der Waals surface area contributed by atoms with Gasteiger partial charge in [-0.25, -0.2) is 0 Å². The van der Waals surface area contributed by atoms with Gasteiger partial charge in [0.2, 0.25) is 5.91 Å². The Hall–Kier alpha value is -2.48. The summed E-state index contributed by atoms with van der Waals surface area (Å²) in [6, 6.07) is 7.24. The highest BCUT2D eigenvalue weighted by Gasteiger charge is 2.15. The van der Waals surface area contributed by atoms with E-state index in [1.807, 2.05) is 17.0 Å². The van der Waals surface area contributed by atoms with E-state index in [9.17, 15) is 4.79 Å². The largest absolute Gasteiger partial charge is 0.493 e. The van der Waals surface area contributed by atoms with Gasteiger partial charge in [-0.05, 0) is 36.6 Å². The zero-order valence-electron chi connectivity index (χ0n) is 12.0. The lowest BCUT2D eigenvalue weighted by molar-refractivity contribution is -0.124. The number of nitrogens with zero attached hydrogens (tertiary/aromatic N) is 2. The van der Waals surface area contributed by atoms with Crippen molar-refractivity contribution in [3.8, 4) is 17.6 Å². The molecule has 21 heavy (non-hydrogen) atoms. The Bertz CT molecular complexity index is 569. The van der Waals surface area contributed by atoms with Gasteiger partial charge < -0.3 is 14.4 Å². The van der Waals surface area contributed by atoms with Gasteiger partial charge >= 0.3 is 0 Å². The average Bonchev–Trinajstić information content (AvgIpc) is 3.05. The summed E-state index contributed by atoms with van der Waals surface area (Å²) >= 11 is 0. The lowest BCUT2D eigenvalue weighted by atomic mass is 10.2. The molecule has 0 atom stereocenters. The molecule has 1 amide bonds. The number of likely N-dealkylation sites (tertiary alicyclic amines) is 1. The third-order valence-electron chi connectivity index (χ3n) is 3.32. The van der Waals surface area contributed by atoms with Gasteiger partial charge in [0.1, 0.15) is 6.07 Å². The summed E-state index contributed by atoms with van der Waals surface area (Å²) in [6.07, 6.45) is 5.50. The normalized spacial score (nSPS) is 14.2. The number of methoxy groups -OCH3 is 1. The van der Waals surface area contributed by atoms with Gasteiger partial charge in [-0.15, -0.1) is 0 Å². The Labute approximate surface area is 124 Å². The average molecular weight is 286 g/mol. The van der Waals surface area contributed by atoms with E-state index in [-0.39, 0.29) is 12.5 Å². The van der Waals surface area contributed by atoms with Crippen LogP contribution in [0.3, 0.4) is 0 Å². The fourth-order valence-electron chi connectivity index (χ4n) is 2.23. The van der Waals surface area contributed by atoms with E-state index in [0.29, 0.717) is 11.5 Å². The van der Waals surface area contributed by atoms with Crippen molar-refractivity contribution < 1.29 is 14.3 Å². The van der Waals surface area contributed by atoms with Gasteiger partial charge in [0.15, 0.2) is 18.1 Å². The molecule has 1 aliphatic rings. The number of hydrogen-bond donors (Lipinski definition) is 0. The molecule has 0 bridgehead atoms. The first kappa shape index (κ1) is 14.9. The smallest absolute Gasteiger partial charge is 0.246 e. The Morgan fingerprint density at radius 3 is 2.81 bits per heavy atom. The van der Waals surface area contributed by atoms with E-state index in [0.717, 1.165) is 31.5 Å². The fourth-order valence-corrected chi connectivity index (χ4v) is 2.23. The number of benzene rings is 1. The molecule has 0 aliphatic carbocycles. The molecule has 0 radical (unpaired) electrons. The first-order chi connectivity index (χ1) is 10.2. The van der Waals surface area contributed by atoms with Crippen LogP contribution in [0.2, 0.25) is 0 Å². The van der Waals surface area contributed by atoms with Crippen molar-refractivity contribution in [1.29, 1.82) is 5.26 Å². The molecule has 0 saturated carbocycles. The second-order valence-electron chi connectivity index (χ2n) is 4.72. The molecular weight excluding hydrogens is 268 g/mol. The molecule has 1 aromatic carbocycles. The van der Waals surface area contributed by atoms with Gasteiger partial charge in [-0.1, -0.05) is 6.07 Å². The van der Waals surface area contributed by atoms with Gasteiger partial charge in [-0.3, -0.25) is 4.79 Å². The first-order valence-electron chi connectivity index (χ1n) is 6.89. The molecule has 2 rings (SSSR count). The molecule has 1 aliphatic heterocycles. The van der Waals surface area contributed by atoms with Gasteiger partial charge in [0.25, 0.3) is 0 Å². The molecule has 1 saturated heterocycles. The highest BCUT2D eigenvalue weighted by molar-refractivity contribution is 5.92. The van der Waals surface area contributed by atoms with E-state index in [2.05, 4.69) is 0 Å². The van der Waals surface area contributed by atoms with Crippen molar-refractivity contribution in [3.63, 3.8) is 0 Å². The van der Waals surface area contributed by atoms with Crippen LogP contribution in [0.4, 0.5) is 0 Å². The maximum atomic E-state index is 11.9. The molecule has 1 fully saturated rings. The van der Waals surface area contributed by atoms with Crippen LogP contribution in [0.15, 0.2) is 24.3 Å². The SMILES string of the molecule is COc1cc(C=CC(=O)N2CCCC2)ccc1OCC#N. The van der Waals surface area contributed by atoms with E-state index in [1.54, 1.807) is 24.3 Å².